The van der Waals surface area contributed by atoms with Gasteiger partial charge in [-0.15, -0.1) is 0 Å². The molecule has 0 aromatic rings. The normalized spacial score (nSPS) is 14.8. The zero-order valence-electron chi connectivity index (χ0n) is 60.9. The third-order valence-corrected chi connectivity index (χ3v) is 19.7. The summed E-state index contributed by atoms with van der Waals surface area (Å²) in [7, 11) is -9.91. The lowest BCUT2D eigenvalue weighted by Crippen LogP contribution is -2.30. The lowest BCUT2D eigenvalue weighted by Gasteiger charge is -2.21. The van der Waals surface area contributed by atoms with Gasteiger partial charge >= 0.3 is 39.5 Å². The van der Waals surface area contributed by atoms with Crippen molar-refractivity contribution in [3.8, 4) is 0 Å². The van der Waals surface area contributed by atoms with Crippen LogP contribution in [0.1, 0.15) is 370 Å². The van der Waals surface area contributed by atoms with Crippen LogP contribution in [0.5, 0.6) is 0 Å². The molecule has 0 aliphatic carbocycles. The van der Waals surface area contributed by atoms with Crippen LogP contribution in [-0.2, 0) is 65.4 Å². The maximum atomic E-state index is 13.0. The average molecular weight is 1370 g/mol. The second-order valence-corrected chi connectivity index (χ2v) is 31.0. The highest BCUT2D eigenvalue weighted by Gasteiger charge is 2.30. The molecule has 0 heterocycles. The van der Waals surface area contributed by atoms with Crippen LogP contribution in [0.3, 0.4) is 0 Å². The third-order valence-electron chi connectivity index (χ3n) is 17.8. The summed E-state index contributed by atoms with van der Waals surface area (Å²) in [5.74, 6) is 0.895. The molecule has 93 heavy (non-hydrogen) atoms. The summed E-state index contributed by atoms with van der Waals surface area (Å²) in [6.07, 6.45) is 47.5. The van der Waals surface area contributed by atoms with E-state index in [9.17, 15) is 43.2 Å². The highest BCUT2D eigenvalue weighted by Crippen LogP contribution is 2.45. The zero-order chi connectivity index (χ0) is 68.9. The number of hydrogen-bond donors (Lipinski definition) is 3. The first-order valence-electron chi connectivity index (χ1n) is 38.3. The molecule has 0 aliphatic rings. The number of hydrogen-bond acceptors (Lipinski definition) is 15. The van der Waals surface area contributed by atoms with Gasteiger partial charge in [0.2, 0.25) is 0 Å². The number of rotatable bonds is 71. The Bertz CT molecular complexity index is 1840. The molecule has 0 aromatic carbocycles. The SMILES string of the molecule is CCC(C)CCCCCCCCCCCCCCCCCCCCC(=O)O[C@H](COC(=O)CCCCCCCCCC(C)C)COP(=O)(O)OCC(O)COP(=O)(O)OC[C@@H](COC(=O)CCCCCCCCC(C)C)OC(=O)CCCCCCCCCCC(C)CC. The van der Waals surface area contributed by atoms with E-state index >= 15 is 0 Å². The molecule has 7 atom stereocenters. The number of phosphoric ester groups is 2. The molecule has 5 unspecified atom stereocenters. The van der Waals surface area contributed by atoms with Crippen LogP contribution in [-0.4, -0.2) is 96.7 Å². The van der Waals surface area contributed by atoms with Gasteiger partial charge in [-0.05, 0) is 49.4 Å². The maximum Gasteiger partial charge on any atom is 0.472 e. The van der Waals surface area contributed by atoms with Crippen LogP contribution in [0.2, 0.25) is 0 Å². The van der Waals surface area contributed by atoms with E-state index in [-0.39, 0.29) is 25.7 Å². The highest BCUT2D eigenvalue weighted by molar-refractivity contribution is 7.47. The average Bonchev–Trinajstić information content (AvgIpc) is 1.90. The van der Waals surface area contributed by atoms with Gasteiger partial charge in [-0.3, -0.25) is 37.3 Å². The number of aliphatic hydroxyl groups is 1. The van der Waals surface area contributed by atoms with Gasteiger partial charge in [0, 0.05) is 25.7 Å². The molecule has 0 spiro atoms. The van der Waals surface area contributed by atoms with Crippen molar-refractivity contribution >= 4 is 39.5 Å². The first-order valence-corrected chi connectivity index (χ1v) is 41.3. The van der Waals surface area contributed by atoms with Gasteiger partial charge in [-0.25, -0.2) is 9.13 Å². The lowest BCUT2D eigenvalue weighted by atomic mass is 9.99. The van der Waals surface area contributed by atoms with Gasteiger partial charge in [-0.2, -0.15) is 0 Å². The van der Waals surface area contributed by atoms with Crippen molar-refractivity contribution in [2.75, 3.05) is 39.6 Å². The van der Waals surface area contributed by atoms with Crippen molar-refractivity contribution in [1.82, 2.24) is 0 Å². The summed E-state index contributed by atoms with van der Waals surface area (Å²) >= 11 is 0. The Morgan fingerprint density at radius 3 is 0.763 bits per heavy atom. The second-order valence-electron chi connectivity index (χ2n) is 28.1. The first-order chi connectivity index (χ1) is 44.7. The van der Waals surface area contributed by atoms with Crippen LogP contribution >= 0.6 is 15.6 Å². The lowest BCUT2D eigenvalue weighted by molar-refractivity contribution is -0.161. The quantitative estimate of drug-likeness (QED) is 0.0222. The van der Waals surface area contributed by atoms with E-state index in [1.807, 2.05) is 0 Å². The van der Waals surface area contributed by atoms with Crippen LogP contribution in [0.4, 0.5) is 0 Å². The Morgan fingerprint density at radius 1 is 0.301 bits per heavy atom. The van der Waals surface area contributed by atoms with Crippen LogP contribution in [0, 0.1) is 23.7 Å². The Labute approximate surface area is 568 Å². The summed E-state index contributed by atoms with van der Waals surface area (Å²) in [4.78, 5) is 72.6. The zero-order valence-corrected chi connectivity index (χ0v) is 62.7. The van der Waals surface area contributed by atoms with Crippen LogP contribution in [0.25, 0.3) is 0 Å². The number of aliphatic hydroxyl groups excluding tert-OH is 1. The van der Waals surface area contributed by atoms with Crippen molar-refractivity contribution in [3.63, 3.8) is 0 Å². The summed E-state index contributed by atoms with van der Waals surface area (Å²) in [6, 6.07) is 0. The topological polar surface area (TPSA) is 237 Å². The molecule has 19 heteroatoms. The molecule has 552 valence electrons. The predicted molar refractivity (Wildman–Crippen MR) is 377 cm³/mol. The van der Waals surface area contributed by atoms with Gasteiger partial charge in [0.25, 0.3) is 0 Å². The predicted octanol–water partition coefficient (Wildman–Crippen LogP) is 21.3. The molecule has 0 amide bonds. The molecule has 0 saturated heterocycles. The van der Waals surface area contributed by atoms with E-state index in [1.54, 1.807) is 0 Å². The smallest absolute Gasteiger partial charge is 0.462 e. The molecule has 0 aromatic heterocycles. The minimum Gasteiger partial charge on any atom is -0.462 e. The standard InChI is InChI=1S/C74H144O17P2/c1-9-66(7)52-44-36-27-21-19-17-15-13-11-12-14-16-18-20-22-29-40-48-56-73(78)90-69(60-84-71(76)54-46-38-31-25-26-34-42-50-64(3)4)62-88-92(80,81)86-58-68(75)59-87-93(82,83)89-63-70(61-85-72(77)55-47-39-33-32-35-43-51-65(5)6)91-74(79)57-49-41-30-24-23-28-37-45-53-67(8)10-2/h64-70,75H,9-63H2,1-8H3,(H,80,81)(H,82,83)/t66?,67?,68?,69-,70-/m1/s1. The molecule has 3 N–H and O–H groups in total. The summed E-state index contributed by atoms with van der Waals surface area (Å²) in [5, 5.41) is 10.6. The number of phosphoric acid groups is 2. The molecule has 17 nitrogen and oxygen atoms in total. The molecule has 0 rings (SSSR count). The van der Waals surface area contributed by atoms with E-state index in [2.05, 4.69) is 55.4 Å². The van der Waals surface area contributed by atoms with E-state index in [0.29, 0.717) is 37.5 Å². The number of esters is 4. The molecule has 0 aliphatic heterocycles. The Kier molecular flexibility index (Phi) is 62.2. The largest absolute Gasteiger partial charge is 0.472 e. The van der Waals surface area contributed by atoms with Gasteiger partial charge in [0.15, 0.2) is 12.2 Å². The Balaban J connectivity index is 5.15. The van der Waals surface area contributed by atoms with Crippen molar-refractivity contribution in [2.45, 2.75) is 388 Å². The van der Waals surface area contributed by atoms with E-state index in [0.717, 1.165) is 115 Å². The van der Waals surface area contributed by atoms with Gasteiger partial charge in [0.05, 0.1) is 26.4 Å². The van der Waals surface area contributed by atoms with Gasteiger partial charge in [0.1, 0.15) is 19.3 Å². The fourth-order valence-corrected chi connectivity index (χ4v) is 12.7. The molecule has 0 bridgehead atoms. The summed E-state index contributed by atoms with van der Waals surface area (Å²) in [6.45, 7) is 14.1. The number of carbonyl (C=O) groups excluding carboxylic acids is 4. The van der Waals surface area contributed by atoms with Crippen molar-refractivity contribution in [3.05, 3.63) is 0 Å². The highest BCUT2D eigenvalue weighted by atomic mass is 31.2. The van der Waals surface area contributed by atoms with Gasteiger partial charge in [-0.1, -0.05) is 319 Å². The minimum atomic E-state index is -4.95. The number of unbranched alkanes of at least 4 members (excludes halogenated alkanes) is 35. The van der Waals surface area contributed by atoms with E-state index < -0.39 is 97.5 Å². The van der Waals surface area contributed by atoms with E-state index in [1.165, 1.54) is 161 Å². The fraction of sp³-hybridized carbons (Fsp3) is 0.946. The Morgan fingerprint density at radius 2 is 0.516 bits per heavy atom. The van der Waals surface area contributed by atoms with Crippen molar-refractivity contribution in [1.29, 1.82) is 0 Å². The van der Waals surface area contributed by atoms with Gasteiger partial charge < -0.3 is 33.8 Å². The molecular formula is C74H144O17P2. The van der Waals surface area contributed by atoms with Crippen LogP contribution in [0.15, 0.2) is 0 Å². The number of ether oxygens (including phenoxy) is 4. The minimum absolute atomic E-state index is 0.103. The number of carbonyl (C=O) groups is 4. The maximum absolute atomic E-state index is 13.0. The van der Waals surface area contributed by atoms with Crippen molar-refractivity contribution in [2.24, 2.45) is 23.7 Å². The van der Waals surface area contributed by atoms with Crippen LogP contribution < -0.4 is 0 Å². The molecule has 0 saturated carbocycles. The second kappa shape index (κ2) is 63.5. The molecule has 0 fully saturated rings. The summed E-state index contributed by atoms with van der Waals surface area (Å²) in [5.41, 5.74) is 0. The Hall–Kier alpha value is -1.94. The monoisotopic (exact) mass is 1370 g/mol. The van der Waals surface area contributed by atoms with E-state index in [4.69, 9.17) is 37.0 Å². The van der Waals surface area contributed by atoms with Crippen molar-refractivity contribution < 1.29 is 80.2 Å². The fourth-order valence-electron chi connectivity index (χ4n) is 11.1. The molecule has 0 radical (unpaired) electrons. The molecular weight excluding hydrogens is 1220 g/mol. The summed E-state index contributed by atoms with van der Waals surface area (Å²) < 4.78 is 68.3. The first kappa shape index (κ1) is 91.1. The third kappa shape index (κ3) is 65.8.